The Morgan fingerprint density at radius 2 is 2.17 bits per heavy atom. The first-order chi connectivity index (χ1) is 11.0. The second kappa shape index (κ2) is 7.92. The summed E-state index contributed by atoms with van der Waals surface area (Å²) in [5.41, 5.74) is 1.27. The number of nitrogens with one attached hydrogen (secondary N) is 1. The zero-order chi connectivity index (χ0) is 16.8. The van der Waals surface area contributed by atoms with Gasteiger partial charge in [-0.1, -0.05) is 0 Å². The molecule has 1 unspecified atom stereocenters. The van der Waals surface area contributed by atoms with Crippen LogP contribution in [0.2, 0.25) is 0 Å². The van der Waals surface area contributed by atoms with Crippen LogP contribution in [-0.2, 0) is 14.3 Å². The van der Waals surface area contributed by atoms with E-state index in [0.29, 0.717) is 30.2 Å². The van der Waals surface area contributed by atoms with Crippen molar-refractivity contribution in [2.45, 2.75) is 32.3 Å². The first-order valence-corrected chi connectivity index (χ1v) is 7.68. The summed E-state index contributed by atoms with van der Waals surface area (Å²) in [7, 11) is 3.07. The molecule has 1 saturated heterocycles. The number of aryl methyl sites for hydroxylation is 1. The molecule has 0 bridgehead atoms. The molecule has 23 heavy (non-hydrogen) atoms. The van der Waals surface area contributed by atoms with Crippen LogP contribution in [0, 0.1) is 6.92 Å². The van der Waals surface area contributed by atoms with Crippen LogP contribution in [0.25, 0.3) is 0 Å². The molecule has 1 N–H and O–H groups in total. The lowest BCUT2D eigenvalue weighted by atomic mass is 10.2. The molecule has 2 heterocycles. The Hall–Kier alpha value is -2.15. The number of rotatable bonds is 5. The number of ether oxygens (including phenoxy) is 2. The number of anilines is 1. The van der Waals surface area contributed by atoms with Crippen LogP contribution in [0.5, 0.6) is 5.88 Å². The largest absolute Gasteiger partial charge is 0.481 e. The fourth-order valence-corrected chi connectivity index (χ4v) is 2.59. The first-order valence-electron chi connectivity index (χ1n) is 7.68. The van der Waals surface area contributed by atoms with Crippen LogP contribution in [0.1, 0.15) is 25.0 Å². The highest BCUT2D eigenvalue weighted by Gasteiger charge is 2.28. The SMILES string of the molecule is COc1ccc(NC(=O)CN2CCCCC(OC)C2=O)c(C)n1. The summed E-state index contributed by atoms with van der Waals surface area (Å²) < 4.78 is 10.2. The maximum absolute atomic E-state index is 12.3. The van der Waals surface area contributed by atoms with Crippen LogP contribution in [0.15, 0.2) is 12.1 Å². The Balaban J connectivity index is 1.99. The minimum Gasteiger partial charge on any atom is -0.481 e. The van der Waals surface area contributed by atoms with Gasteiger partial charge in [0.25, 0.3) is 5.91 Å². The average Bonchev–Trinajstić information content (AvgIpc) is 2.71. The van der Waals surface area contributed by atoms with E-state index < -0.39 is 6.10 Å². The topological polar surface area (TPSA) is 80.8 Å². The third-order valence-electron chi connectivity index (χ3n) is 3.89. The van der Waals surface area contributed by atoms with E-state index in [2.05, 4.69) is 10.3 Å². The van der Waals surface area contributed by atoms with Crippen LogP contribution < -0.4 is 10.1 Å². The van der Waals surface area contributed by atoms with E-state index in [1.165, 1.54) is 14.2 Å². The van der Waals surface area contributed by atoms with E-state index >= 15 is 0 Å². The summed E-state index contributed by atoms with van der Waals surface area (Å²) in [4.78, 5) is 30.3. The number of methoxy groups -OCH3 is 2. The molecule has 2 rings (SSSR count). The Kier molecular flexibility index (Phi) is 5.92. The van der Waals surface area contributed by atoms with Gasteiger partial charge in [-0.05, 0) is 32.3 Å². The van der Waals surface area contributed by atoms with Gasteiger partial charge in [-0.2, -0.15) is 0 Å². The highest BCUT2D eigenvalue weighted by molar-refractivity contribution is 5.95. The summed E-state index contributed by atoms with van der Waals surface area (Å²) in [6.45, 7) is 2.38. The van der Waals surface area contributed by atoms with Gasteiger partial charge < -0.3 is 19.7 Å². The van der Waals surface area contributed by atoms with Crippen LogP contribution >= 0.6 is 0 Å². The molecule has 7 nitrogen and oxygen atoms in total. The van der Waals surface area contributed by atoms with Crippen molar-refractivity contribution in [2.24, 2.45) is 0 Å². The summed E-state index contributed by atoms with van der Waals surface area (Å²) in [6.07, 6.45) is 2.05. The van der Waals surface area contributed by atoms with Crippen LogP contribution in [0.4, 0.5) is 5.69 Å². The number of carbonyl (C=O) groups is 2. The van der Waals surface area contributed by atoms with Crippen molar-refractivity contribution in [3.8, 4) is 5.88 Å². The molecule has 1 fully saturated rings. The van der Waals surface area contributed by atoms with Crippen molar-refractivity contribution in [1.82, 2.24) is 9.88 Å². The van der Waals surface area contributed by atoms with E-state index in [1.807, 2.05) is 0 Å². The number of aromatic nitrogens is 1. The standard InChI is InChI=1S/C16H23N3O4/c1-11-12(7-8-15(17-11)23-3)18-14(20)10-19-9-5-4-6-13(22-2)16(19)21/h7-8,13H,4-6,9-10H2,1-3H3,(H,18,20). The minimum absolute atomic E-state index is 0.0180. The lowest BCUT2D eigenvalue weighted by Crippen LogP contribution is -2.43. The van der Waals surface area contributed by atoms with Crippen molar-refractivity contribution in [1.29, 1.82) is 0 Å². The van der Waals surface area contributed by atoms with Gasteiger partial charge in [-0.25, -0.2) is 4.98 Å². The molecule has 0 aliphatic carbocycles. The molecule has 0 spiro atoms. The molecule has 1 aromatic rings. The molecule has 1 aliphatic heterocycles. The fourth-order valence-electron chi connectivity index (χ4n) is 2.59. The quantitative estimate of drug-likeness (QED) is 0.886. The predicted octanol–water partition coefficient (Wildman–Crippen LogP) is 1.36. The number of amides is 2. The second-order valence-corrected chi connectivity index (χ2v) is 5.51. The summed E-state index contributed by atoms with van der Waals surface area (Å²) in [5, 5.41) is 2.79. The normalized spacial score (nSPS) is 18.5. The molecular weight excluding hydrogens is 298 g/mol. The maximum atomic E-state index is 12.3. The minimum atomic E-state index is -0.449. The average molecular weight is 321 g/mol. The van der Waals surface area contributed by atoms with Crippen molar-refractivity contribution in [3.05, 3.63) is 17.8 Å². The lowest BCUT2D eigenvalue weighted by Gasteiger charge is -2.23. The Bertz CT molecular complexity index is 576. The van der Waals surface area contributed by atoms with Gasteiger partial charge in [0.2, 0.25) is 11.8 Å². The molecular formula is C16H23N3O4. The van der Waals surface area contributed by atoms with Gasteiger partial charge >= 0.3 is 0 Å². The summed E-state index contributed by atoms with van der Waals surface area (Å²) >= 11 is 0. The van der Waals surface area contributed by atoms with Crippen molar-refractivity contribution in [2.75, 3.05) is 32.6 Å². The maximum Gasteiger partial charge on any atom is 0.252 e. The molecule has 7 heteroatoms. The molecule has 1 aromatic heterocycles. The Morgan fingerprint density at radius 3 is 2.83 bits per heavy atom. The summed E-state index contributed by atoms with van der Waals surface area (Å²) in [6, 6.07) is 3.42. The first kappa shape index (κ1) is 17.2. The molecule has 0 aromatic carbocycles. The molecule has 1 aliphatic rings. The summed E-state index contributed by atoms with van der Waals surface area (Å²) in [5.74, 6) is 0.126. The third kappa shape index (κ3) is 4.41. The highest BCUT2D eigenvalue weighted by Crippen LogP contribution is 2.18. The zero-order valence-electron chi connectivity index (χ0n) is 13.8. The molecule has 126 valence electrons. The van der Waals surface area contributed by atoms with Crippen molar-refractivity contribution >= 4 is 17.5 Å². The molecule has 0 saturated carbocycles. The molecule has 1 atom stereocenters. The van der Waals surface area contributed by atoms with Gasteiger partial charge in [0, 0.05) is 19.7 Å². The van der Waals surface area contributed by atoms with Gasteiger partial charge in [-0.3, -0.25) is 9.59 Å². The highest BCUT2D eigenvalue weighted by atomic mass is 16.5. The van der Waals surface area contributed by atoms with E-state index in [-0.39, 0.29) is 18.4 Å². The second-order valence-electron chi connectivity index (χ2n) is 5.51. The number of hydrogen-bond acceptors (Lipinski definition) is 5. The number of pyridine rings is 1. The van der Waals surface area contributed by atoms with E-state index in [4.69, 9.17) is 9.47 Å². The van der Waals surface area contributed by atoms with Crippen molar-refractivity contribution in [3.63, 3.8) is 0 Å². The Labute approximate surface area is 136 Å². The predicted molar refractivity (Wildman–Crippen MR) is 85.4 cm³/mol. The zero-order valence-corrected chi connectivity index (χ0v) is 13.8. The van der Waals surface area contributed by atoms with Crippen LogP contribution in [-0.4, -0.2) is 55.1 Å². The van der Waals surface area contributed by atoms with Crippen LogP contribution in [0.3, 0.4) is 0 Å². The fraction of sp³-hybridized carbons (Fsp3) is 0.562. The Morgan fingerprint density at radius 1 is 1.39 bits per heavy atom. The van der Waals surface area contributed by atoms with E-state index in [9.17, 15) is 9.59 Å². The van der Waals surface area contributed by atoms with Gasteiger partial charge in [0.15, 0.2) is 0 Å². The molecule has 0 radical (unpaired) electrons. The van der Waals surface area contributed by atoms with Gasteiger partial charge in [0.05, 0.1) is 25.0 Å². The number of nitrogens with zero attached hydrogens (tertiary/aromatic N) is 2. The smallest absolute Gasteiger partial charge is 0.252 e. The van der Waals surface area contributed by atoms with Gasteiger partial charge in [0.1, 0.15) is 6.10 Å². The number of carbonyl (C=O) groups excluding carboxylic acids is 2. The van der Waals surface area contributed by atoms with Gasteiger partial charge in [-0.15, -0.1) is 0 Å². The van der Waals surface area contributed by atoms with E-state index in [1.54, 1.807) is 24.0 Å². The number of likely N-dealkylation sites (tertiary alicyclic amines) is 1. The number of hydrogen-bond donors (Lipinski definition) is 1. The monoisotopic (exact) mass is 321 g/mol. The lowest BCUT2D eigenvalue weighted by molar-refractivity contribution is -0.143. The molecule has 2 amide bonds. The van der Waals surface area contributed by atoms with Crippen molar-refractivity contribution < 1.29 is 19.1 Å². The van der Waals surface area contributed by atoms with E-state index in [0.717, 1.165) is 12.8 Å². The third-order valence-corrected chi connectivity index (χ3v) is 3.89.